The van der Waals surface area contributed by atoms with E-state index >= 15 is 0 Å². The summed E-state index contributed by atoms with van der Waals surface area (Å²) < 4.78 is 5.44. The number of fused-ring (bicyclic) bond motifs is 1. The van der Waals surface area contributed by atoms with Crippen LogP contribution in [-0.2, 0) is 18.4 Å². The van der Waals surface area contributed by atoms with Crippen LogP contribution in [0.5, 0.6) is 5.75 Å². The Morgan fingerprint density at radius 2 is 1.94 bits per heavy atom. The van der Waals surface area contributed by atoms with E-state index in [1.807, 2.05) is 0 Å². The highest BCUT2D eigenvalue weighted by atomic mass is 16.5. The summed E-state index contributed by atoms with van der Waals surface area (Å²) >= 11 is 0. The van der Waals surface area contributed by atoms with Crippen LogP contribution in [0.25, 0.3) is 0 Å². The van der Waals surface area contributed by atoms with Crippen molar-refractivity contribution in [2.24, 2.45) is 0 Å². The molecule has 88 valence electrons. The Morgan fingerprint density at radius 3 is 2.56 bits per heavy atom. The van der Waals surface area contributed by atoms with E-state index in [4.69, 9.17) is 4.74 Å². The van der Waals surface area contributed by atoms with Crippen LogP contribution in [0.2, 0.25) is 0 Å². The highest BCUT2D eigenvalue weighted by molar-refractivity contribution is 5.48. The first-order chi connectivity index (χ1) is 7.54. The van der Waals surface area contributed by atoms with Gasteiger partial charge in [0, 0.05) is 12.1 Å². The zero-order valence-electron chi connectivity index (χ0n) is 10.7. The number of methoxy groups -OCH3 is 1. The van der Waals surface area contributed by atoms with Crippen molar-refractivity contribution in [3.05, 3.63) is 28.8 Å². The summed E-state index contributed by atoms with van der Waals surface area (Å²) in [4.78, 5) is 0. The Bertz CT molecular complexity index is 390. The average Bonchev–Trinajstić information content (AvgIpc) is 2.26. The number of rotatable bonds is 1. The SMILES string of the molecule is COc1ccc(C(C)(C)C)c2c1CNCC2. The first kappa shape index (κ1) is 11.5. The molecule has 0 bridgehead atoms. The molecule has 0 radical (unpaired) electrons. The summed E-state index contributed by atoms with van der Waals surface area (Å²) in [6.07, 6.45) is 1.11. The molecule has 16 heavy (non-hydrogen) atoms. The summed E-state index contributed by atoms with van der Waals surface area (Å²) in [6, 6.07) is 4.33. The molecule has 0 spiro atoms. The van der Waals surface area contributed by atoms with Crippen molar-refractivity contribution in [3.8, 4) is 5.75 Å². The van der Waals surface area contributed by atoms with Gasteiger partial charge in [-0.1, -0.05) is 26.8 Å². The topological polar surface area (TPSA) is 21.3 Å². The molecule has 0 saturated carbocycles. The summed E-state index contributed by atoms with van der Waals surface area (Å²) in [6.45, 7) is 8.83. The van der Waals surface area contributed by atoms with Crippen LogP contribution < -0.4 is 10.1 Å². The summed E-state index contributed by atoms with van der Waals surface area (Å²) in [5.41, 5.74) is 4.52. The van der Waals surface area contributed by atoms with E-state index in [0.29, 0.717) is 0 Å². The third-order valence-electron chi connectivity index (χ3n) is 3.27. The molecule has 2 nitrogen and oxygen atoms in total. The van der Waals surface area contributed by atoms with Crippen LogP contribution >= 0.6 is 0 Å². The van der Waals surface area contributed by atoms with Gasteiger partial charge in [0.05, 0.1) is 7.11 Å². The molecular formula is C14H21NO. The van der Waals surface area contributed by atoms with Crippen LogP contribution in [0, 0.1) is 0 Å². The van der Waals surface area contributed by atoms with Crippen molar-refractivity contribution < 1.29 is 4.74 Å². The lowest BCUT2D eigenvalue weighted by Crippen LogP contribution is -2.27. The van der Waals surface area contributed by atoms with Crippen molar-refractivity contribution in [2.45, 2.75) is 39.2 Å². The molecule has 1 aliphatic heterocycles. The van der Waals surface area contributed by atoms with E-state index in [0.717, 1.165) is 25.3 Å². The van der Waals surface area contributed by atoms with Gasteiger partial charge in [-0.2, -0.15) is 0 Å². The van der Waals surface area contributed by atoms with Gasteiger partial charge in [0.2, 0.25) is 0 Å². The van der Waals surface area contributed by atoms with E-state index < -0.39 is 0 Å². The summed E-state index contributed by atoms with van der Waals surface area (Å²) in [7, 11) is 1.75. The first-order valence-electron chi connectivity index (χ1n) is 5.94. The molecule has 1 heterocycles. The molecule has 0 amide bonds. The minimum atomic E-state index is 0.216. The predicted octanol–water partition coefficient (Wildman–Crippen LogP) is 2.64. The number of benzene rings is 1. The number of hydrogen-bond acceptors (Lipinski definition) is 2. The van der Waals surface area contributed by atoms with E-state index in [2.05, 4.69) is 38.2 Å². The highest BCUT2D eigenvalue weighted by Gasteiger charge is 2.23. The molecular weight excluding hydrogens is 198 g/mol. The zero-order chi connectivity index (χ0) is 11.8. The standard InChI is InChI=1S/C14H21NO/c1-14(2,3)12-5-6-13(16-4)11-9-15-8-7-10(11)12/h5-6,15H,7-9H2,1-4H3. The van der Waals surface area contributed by atoms with Crippen molar-refractivity contribution >= 4 is 0 Å². The van der Waals surface area contributed by atoms with Gasteiger partial charge in [-0.05, 0) is 35.6 Å². The van der Waals surface area contributed by atoms with Crippen LogP contribution in [-0.4, -0.2) is 13.7 Å². The quantitative estimate of drug-likeness (QED) is 0.784. The molecule has 1 aromatic carbocycles. The average molecular weight is 219 g/mol. The monoisotopic (exact) mass is 219 g/mol. The second kappa shape index (κ2) is 4.10. The Hall–Kier alpha value is -1.02. The molecule has 0 fully saturated rings. The summed E-state index contributed by atoms with van der Waals surface area (Å²) in [5, 5.41) is 3.41. The fraction of sp³-hybridized carbons (Fsp3) is 0.571. The van der Waals surface area contributed by atoms with E-state index in [1.54, 1.807) is 7.11 Å². The Kier molecular flexibility index (Phi) is 2.94. The second-order valence-electron chi connectivity index (χ2n) is 5.45. The Labute approximate surface area is 98.0 Å². The van der Waals surface area contributed by atoms with Gasteiger partial charge < -0.3 is 10.1 Å². The predicted molar refractivity (Wildman–Crippen MR) is 67.1 cm³/mol. The molecule has 0 unspecified atom stereocenters. The summed E-state index contributed by atoms with van der Waals surface area (Å²) in [5.74, 6) is 1.02. The van der Waals surface area contributed by atoms with Gasteiger partial charge in [0.15, 0.2) is 0 Å². The fourth-order valence-corrected chi connectivity index (χ4v) is 2.47. The van der Waals surface area contributed by atoms with Crippen LogP contribution in [0.4, 0.5) is 0 Å². The van der Waals surface area contributed by atoms with Gasteiger partial charge in [0.1, 0.15) is 5.75 Å². The minimum absolute atomic E-state index is 0.216. The van der Waals surface area contributed by atoms with Gasteiger partial charge >= 0.3 is 0 Å². The second-order valence-corrected chi connectivity index (χ2v) is 5.45. The lowest BCUT2D eigenvalue weighted by atomic mass is 9.80. The highest BCUT2D eigenvalue weighted by Crippen LogP contribution is 2.34. The molecule has 2 heteroatoms. The molecule has 1 aliphatic rings. The maximum absolute atomic E-state index is 5.44. The molecule has 0 saturated heterocycles. The van der Waals surface area contributed by atoms with Gasteiger partial charge in [-0.15, -0.1) is 0 Å². The maximum Gasteiger partial charge on any atom is 0.123 e. The van der Waals surface area contributed by atoms with E-state index in [-0.39, 0.29) is 5.41 Å². The third kappa shape index (κ3) is 1.94. The van der Waals surface area contributed by atoms with Gasteiger partial charge in [-0.25, -0.2) is 0 Å². The number of ether oxygens (including phenoxy) is 1. The normalized spacial score (nSPS) is 15.8. The van der Waals surface area contributed by atoms with Crippen molar-refractivity contribution in [1.82, 2.24) is 5.32 Å². The third-order valence-corrected chi connectivity index (χ3v) is 3.27. The van der Waals surface area contributed by atoms with Crippen molar-refractivity contribution in [1.29, 1.82) is 0 Å². The number of hydrogen-bond donors (Lipinski definition) is 1. The Balaban J connectivity index is 2.57. The smallest absolute Gasteiger partial charge is 0.123 e. The largest absolute Gasteiger partial charge is 0.496 e. The molecule has 1 aromatic rings. The van der Waals surface area contributed by atoms with Gasteiger partial charge in [0.25, 0.3) is 0 Å². The molecule has 2 rings (SSSR count). The lowest BCUT2D eigenvalue weighted by Gasteiger charge is -2.29. The van der Waals surface area contributed by atoms with E-state index in [9.17, 15) is 0 Å². The van der Waals surface area contributed by atoms with Crippen LogP contribution in [0.1, 0.15) is 37.5 Å². The number of nitrogens with one attached hydrogen (secondary N) is 1. The van der Waals surface area contributed by atoms with Crippen molar-refractivity contribution in [2.75, 3.05) is 13.7 Å². The van der Waals surface area contributed by atoms with Crippen LogP contribution in [0.3, 0.4) is 0 Å². The molecule has 0 aromatic heterocycles. The molecule has 1 N–H and O–H groups in total. The van der Waals surface area contributed by atoms with E-state index in [1.165, 1.54) is 16.7 Å². The first-order valence-corrected chi connectivity index (χ1v) is 5.94. The fourth-order valence-electron chi connectivity index (χ4n) is 2.47. The van der Waals surface area contributed by atoms with Crippen LogP contribution in [0.15, 0.2) is 12.1 Å². The lowest BCUT2D eigenvalue weighted by molar-refractivity contribution is 0.403. The van der Waals surface area contributed by atoms with Gasteiger partial charge in [-0.3, -0.25) is 0 Å². The zero-order valence-corrected chi connectivity index (χ0v) is 10.7. The van der Waals surface area contributed by atoms with Crippen molar-refractivity contribution in [3.63, 3.8) is 0 Å². The molecule has 0 atom stereocenters. The molecule has 0 aliphatic carbocycles. The minimum Gasteiger partial charge on any atom is -0.496 e. The Morgan fingerprint density at radius 1 is 1.19 bits per heavy atom. The maximum atomic E-state index is 5.44.